The lowest BCUT2D eigenvalue weighted by atomic mass is 10.1. The molecule has 0 spiro atoms. The highest BCUT2D eigenvalue weighted by atomic mass is 32.1. The molecule has 0 amide bonds. The molecule has 1 heterocycles. The first kappa shape index (κ1) is 13.6. The van der Waals surface area contributed by atoms with Gasteiger partial charge in [0, 0.05) is 27.4 Å². The van der Waals surface area contributed by atoms with Gasteiger partial charge < -0.3 is 10.8 Å². The summed E-state index contributed by atoms with van der Waals surface area (Å²) in [4.78, 5) is 11.8. The van der Waals surface area contributed by atoms with Crippen molar-refractivity contribution in [2.75, 3.05) is 0 Å². The zero-order chi connectivity index (χ0) is 14.0. The summed E-state index contributed by atoms with van der Waals surface area (Å²) in [7, 11) is 0. The fourth-order valence-corrected chi connectivity index (χ4v) is 2.71. The van der Waals surface area contributed by atoms with Gasteiger partial charge in [-0.2, -0.15) is 0 Å². The molecule has 100 valence electrons. The van der Waals surface area contributed by atoms with Crippen molar-refractivity contribution in [3.8, 4) is 10.4 Å². The molecule has 0 saturated carbocycles. The van der Waals surface area contributed by atoms with Crippen LogP contribution in [0.15, 0.2) is 30.3 Å². The Balaban J connectivity index is 2.28. The first-order valence-corrected chi connectivity index (χ1v) is 6.31. The molecular weight excluding hydrogens is 272 g/mol. The SMILES string of the molecule is NC(CC(=O)O)c1ccc(-c2ccc(F)cc2F)s1. The zero-order valence-corrected chi connectivity index (χ0v) is 10.6. The second kappa shape index (κ2) is 5.46. The highest BCUT2D eigenvalue weighted by molar-refractivity contribution is 7.15. The third kappa shape index (κ3) is 3.15. The number of hydrogen-bond donors (Lipinski definition) is 2. The standard InChI is InChI=1S/C13H11F2NO2S/c14-7-1-2-8(9(15)5-7)11-3-4-12(19-11)10(16)6-13(17)18/h1-5,10H,6,16H2,(H,17,18). The van der Waals surface area contributed by atoms with Gasteiger partial charge in [0.2, 0.25) is 0 Å². The van der Waals surface area contributed by atoms with Crippen LogP contribution in [0.4, 0.5) is 8.78 Å². The number of halogens is 2. The van der Waals surface area contributed by atoms with Crippen molar-refractivity contribution in [2.24, 2.45) is 5.73 Å². The van der Waals surface area contributed by atoms with Crippen LogP contribution in [0.1, 0.15) is 17.3 Å². The Labute approximate surface area is 112 Å². The van der Waals surface area contributed by atoms with Crippen molar-refractivity contribution in [1.82, 2.24) is 0 Å². The number of thiophene rings is 1. The van der Waals surface area contributed by atoms with Crippen LogP contribution in [0, 0.1) is 11.6 Å². The van der Waals surface area contributed by atoms with Gasteiger partial charge in [-0.3, -0.25) is 4.79 Å². The molecular formula is C13H11F2NO2S. The molecule has 1 aromatic carbocycles. The maximum absolute atomic E-state index is 13.6. The molecule has 19 heavy (non-hydrogen) atoms. The topological polar surface area (TPSA) is 63.3 Å². The number of hydrogen-bond acceptors (Lipinski definition) is 3. The smallest absolute Gasteiger partial charge is 0.305 e. The molecule has 0 saturated heterocycles. The first-order chi connectivity index (χ1) is 8.97. The molecule has 3 N–H and O–H groups in total. The molecule has 1 atom stereocenters. The van der Waals surface area contributed by atoms with Crippen LogP contribution in [-0.2, 0) is 4.79 Å². The van der Waals surface area contributed by atoms with E-state index in [1.807, 2.05) is 0 Å². The van der Waals surface area contributed by atoms with Crippen LogP contribution in [0.5, 0.6) is 0 Å². The molecule has 1 aromatic heterocycles. The number of rotatable bonds is 4. The first-order valence-electron chi connectivity index (χ1n) is 5.50. The Morgan fingerprint density at radius 1 is 1.32 bits per heavy atom. The predicted molar refractivity (Wildman–Crippen MR) is 68.9 cm³/mol. The van der Waals surface area contributed by atoms with Gasteiger partial charge in [-0.25, -0.2) is 8.78 Å². The Kier molecular flexibility index (Phi) is 3.92. The van der Waals surface area contributed by atoms with Crippen LogP contribution in [0.3, 0.4) is 0 Å². The molecule has 2 aromatic rings. The van der Waals surface area contributed by atoms with E-state index in [1.165, 1.54) is 23.5 Å². The molecule has 1 unspecified atom stereocenters. The maximum atomic E-state index is 13.6. The number of aliphatic carboxylic acids is 1. The molecule has 0 bridgehead atoms. The lowest BCUT2D eigenvalue weighted by Crippen LogP contribution is -2.13. The average molecular weight is 283 g/mol. The van der Waals surface area contributed by atoms with E-state index in [0.29, 0.717) is 9.75 Å². The molecule has 0 fully saturated rings. The summed E-state index contributed by atoms with van der Waals surface area (Å²) in [6, 6.07) is 6.03. The summed E-state index contributed by atoms with van der Waals surface area (Å²) in [5, 5.41) is 8.67. The Bertz CT molecular complexity index is 612. The van der Waals surface area contributed by atoms with Crippen LogP contribution in [0.25, 0.3) is 10.4 Å². The van der Waals surface area contributed by atoms with Gasteiger partial charge in [-0.15, -0.1) is 11.3 Å². The van der Waals surface area contributed by atoms with Crippen molar-refractivity contribution >= 4 is 17.3 Å². The molecule has 3 nitrogen and oxygen atoms in total. The van der Waals surface area contributed by atoms with Crippen molar-refractivity contribution in [2.45, 2.75) is 12.5 Å². The van der Waals surface area contributed by atoms with E-state index in [9.17, 15) is 13.6 Å². The van der Waals surface area contributed by atoms with Gasteiger partial charge >= 0.3 is 5.97 Å². The fourth-order valence-electron chi connectivity index (χ4n) is 1.67. The maximum Gasteiger partial charge on any atom is 0.305 e. The van der Waals surface area contributed by atoms with Crippen LogP contribution in [0.2, 0.25) is 0 Å². The minimum atomic E-state index is -0.990. The van der Waals surface area contributed by atoms with E-state index in [-0.39, 0.29) is 12.0 Å². The van der Waals surface area contributed by atoms with Gasteiger partial charge in [0.05, 0.1) is 6.42 Å². The van der Waals surface area contributed by atoms with Crippen molar-refractivity contribution in [1.29, 1.82) is 0 Å². The van der Waals surface area contributed by atoms with Gasteiger partial charge in [-0.1, -0.05) is 0 Å². The molecule has 0 radical (unpaired) electrons. The quantitative estimate of drug-likeness (QED) is 0.906. The van der Waals surface area contributed by atoms with Crippen LogP contribution >= 0.6 is 11.3 Å². The highest BCUT2D eigenvalue weighted by Gasteiger charge is 2.15. The van der Waals surface area contributed by atoms with Gasteiger partial charge in [0.25, 0.3) is 0 Å². The molecule has 6 heteroatoms. The monoisotopic (exact) mass is 283 g/mol. The van der Waals surface area contributed by atoms with E-state index in [1.54, 1.807) is 12.1 Å². The summed E-state index contributed by atoms with van der Waals surface area (Å²) in [5.41, 5.74) is 6.00. The van der Waals surface area contributed by atoms with E-state index in [2.05, 4.69) is 0 Å². The van der Waals surface area contributed by atoms with Crippen molar-refractivity contribution in [3.63, 3.8) is 0 Å². The van der Waals surface area contributed by atoms with E-state index >= 15 is 0 Å². The largest absolute Gasteiger partial charge is 0.481 e. The van der Waals surface area contributed by atoms with Crippen molar-refractivity contribution in [3.05, 3.63) is 46.8 Å². The molecule has 0 aliphatic rings. The number of carbonyl (C=O) groups is 1. The third-order valence-corrected chi connectivity index (χ3v) is 3.83. The summed E-state index contributed by atoms with van der Waals surface area (Å²) in [5.74, 6) is -2.28. The predicted octanol–water partition coefficient (Wildman–Crippen LogP) is 3.17. The summed E-state index contributed by atoms with van der Waals surface area (Å²) in [6.45, 7) is 0. The Morgan fingerprint density at radius 2 is 2.05 bits per heavy atom. The minimum Gasteiger partial charge on any atom is -0.481 e. The van der Waals surface area contributed by atoms with E-state index in [0.717, 1.165) is 6.07 Å². The normalized spacial score (nSPS) is 12.4. The molecule has 2 rings (SSSR count). The number of carboxylic acid groups (broad SMARTS) is 1. The van der Waals surface area contributed by atoms with E-state index < -0.39 is 23.6 Å². The highest BCUT2D eigenvalue weighted by Crippen LogP contribution is 2.33. The second-order valence-electron chi connectivity index (χ2n) is 4.03. The summed E-state index contributed by atoms with van der Waals surface area (Å²) < 4.78 is 26.4. The Hall–Kier alpha value is -1.79. The van der Waals surface area contributed by atoms with Crippen LogP contribution in [-0.4, -0.2) is 11.1 Å². The van der Waals surface area contributed by atoms with Crippen molar-refractivity contribution < 1.29 is 18.7 Å². The number of nitrogens with two attached hydrogens (primary N) is 1. The van der Waals surface area contributed by atoms with Gasteiger partial charge in [-0.05, 0) is 24.3 Å². The second-order valence-corrected chi connectivity index (χ2v) is 5.15. The summed E-state index contributed by atoms with van der Waals surface area (Å²) in [6.07, 6.45) is -0.189. The molecule has 0 aliphatic carbocycles. The number of carboxylic acids is 1. The van der Waals surface area contributed by atoms with Crippen LogP contribution < -0.4 is 5.73 Å². The zero-order valence-electron chi connectivity index (χ0n) is 9.77. The summed E-state index contributed by atoms with van der Waals surface area (Å²) >= 11 is 1.21. The molecule has 0 aliphatic heterocycles. The lowest BCUT2D eigenvalue weighted by molar-refractivity contribution is -0.137. The third-order valence-electron chi connectivity index (χ3n) is 2.58. The van der Waals surface area contributed by atoms with Gasteiger partial charge in [0.15, 0.2) is 0 Å². The average Bonchev–Trinajstić information content (AvgIpc) is 2.77. The Morgan fingerprint density at radius 3 is 2.68 bits per heavy atom. The minimum absolute atomic E-state index is 0.189. The number of benzene rings is 1. The lowest BCUT2D eigenvalue weighted by Gasteiger charge is -2.05. The van der Waals surface area contributed by atoms with E-state index in [4.69, 9.17) is 10.8 Å². The van der Waals surface area contributed by atoms with Gasteiger partial charge in [0.1, 0.15) is 11.6 Å². The fraction of sp³-hybridized carbons (Fsp3) is 0.154.